The molecule has 166 valence electrons. The van der Waals surface area contributed by atoms with E-state index < -0.39 is 20.5 Å². The Morgan fingerprint density at radius 3 is 2.22 bits per heavy atom. The van der Waals surface area contributed by atoms with Crippen LogP contribution >= 0.6 is 11.3 Å². The summed E-state index contributed by atoms with van der Waals surface area (Å²) in [5.41, 5.74) is 3.11. The zero-order valence-corrected chi connectivity index (χ0v) is 19.3. The first kappa shape index (κ1) is 22.2. The number of nitrogens with zero attached hydrogens (tertiary/aromatic N) is 1. The van der Waals surface area contributed by atoms with Gasteiger partial charge in [0, 0.05) is 23.6 Å². The quantitative estimate of drug-likeness (QED) is 0.556. The van der Waals surface area contributed by atoms with Gasteiger partial charge in [0.25, 0.3) is 0 Å². The standard InChI is InChI=1S/C23H23N3O4S2/c1-15-4-10-19(11-5-15)32(29,30)23(12-3-13-23)21(28)26-22-25-20(14-31-22)17-6-8-18(9-7-17)24-16(2)27/h4-11,14H,3,12-13H2,1-2H3,(H,24,27)(H,25,26,28). The molecule has 0 spiro atoms. The summed E-state index contributed by atoms with van der Waals surface area (Å²) in [6.45, 7) is 3.33. The maximum absolute atomic E-state index is 13.3. The van der Waals surface area contributed by atoms with Gasteiger partial charge in [0.05, 0.1) is 10.6 Å². The molecular weight excluding hydrogens is 446 g/mol. The number of aryl methyl sites for hydroxylation is 1. The highest BCUT2D eigenvalue weighted by Gasteiger charge is 2.55. The van der Waals surface area contributed by atoms with Gasteiger partial charge in [-0.05, 0) is 50.5 Å². The Labute approximate surface area is 190 Å². The van der Waals surface area contributed by atoms with E-state index >= 15 is 0 Å². The van der Waals surface area contributed by atoms with Gasteiger partial charge in [0.2, 0.25) is 11.8 Å². The van der Waals surface area contributed by atoms with Gasteiger partial charge in [0.15, 0.2) is 19.7 Å². The van der Waals surface area contributed by atoms with Gasteiger partial charge in [-0.15, -0.1) is 11.3 Å². The second kappa shape index (κ2) is 8.48. The van der Waals surface area contributed by atoms with E-state index in [1.165, 1.54) is 18.3 Å². The number of sulfone groups is 1. The van der Waals surface area contributed by atoms with E-state index in [0.717, 1.165) is 11.1 Å². The molecule has 2 amide bonds. The number of aromatic nitrogens is 1. The van der Waals surface area contributed by atoms with Crippen molar-refractivity contribution in [3.63, 3.8) is 0 Å². The highest BCUT2D eigenvalue weighted by atomic mass is 32.2. The third kappa shape index (κ3) is 4.05. The first-order valence-corrected chi connectivity index (χ1v) is 12.5. The van der Waals surface area contributed by atoms with Gasteiger partial charge in [-0.2, -0.15) is 0 Å². The lowest BCUT2D eigenvalue weighted by Crippen LogP contribution is -2.54. The van der Waals surface area contributed by atoms with Crippen molar-refractivity contribution in [2.24, 2.45) is 0 Å². The van der Waals surface area contributed by atoms with Crippen LogP contribution in [0.5, 0.6) is 0 Å². The van der Waals surface area contributed by atoms with E-state index in [0.29, 0.717) is 22.9 Å². The summed E-state index contributed by atoms with van der Waals surface area (Å²) in [6, 6.07) is 13.8. The van der Waals surface area contributed by atoms with Crippen LogP contribution in [0.25, 0.3) is 11.3 Å². The number of nitrogens with one attached hydrogen (secondary N) is 2. The molecule has 0 unspecified atom stereocenters. The number of benzene rings is 2. The lowest BCUT2D eigenvalue weighted by atomic mass is 9.83. The van der Waals surface area contributed by atoms with Crippen molar-refractivity contribution in [3.05, 3.63) is 59.5 Å². The van der Waals surface area contributed by atoms with Gasteiger partial charge in [-0.3, -0.25) is 9.59 Å². The topological polar surface area (TPSA) is 105 Å². The van der Waals surface area contributed by atoms with Gasteiger partial charge in [0.1, 0.15) is 0 Å². The van der Waals surface area contributed by atoms with Crippen LogP contribution in [0.3, 0.4) is 0 Å². The summed E-state index contributed by atoms with van der Waals surface area (Å²) in [6.07, 6.45) is 1.26. The van der Waals surface area contributed by atoms with Crippen molar-refractivity contribution in [1.29, 1.82) is 0 Å². The molecule has 1 heterocycles. The van der Waals surface area contributed by atoms with Crippen LogP contribution in [0, 0.1) is 6.92 Å². The van der Waals surface area contributed by atoms with Gasteiger partial charge in [-0.25, -0.2) is 13.4 Å². The number of hydrogen-bond acceptors (Lipinski definition) is 6. The third-order valence-corrected chi connectivity index (χ3v) is 8.92. The molecule has 4 rings (SSSR count). The van der Waals surface area contributed by atoms with E-state index in [-0.39, 0.29) is 23.6 Å². The Balaban J connectivity index is 1.53. The zero-order chi connectivity index (χ0) is 22.9. The fourth-order valence-electron chi connectivity index (χ4n) is 3.66. The maximum Gasteiger partial charge on any atom is 0.248 e. The van der Waals surface area contributed by atoms with Gasteiger partial charge >= 0.3 is 0 Å². The fourth-order valence-corrected chi connectivity index (χ4v) is 6.44. The monoisotopic (exact) mass is 469 g/mol. The van der Waals surface area contributed by atoms with Crippen molar-refractivity contribution < 1.29 is 18.0 Å². The van der Waals surface area contributed by atoms with E-state index in [1.807, 2.05) is 19.1 Å². The highest BCUT2D eigenvalue weighted by Crippen LogP contribution is 2.44. The van der Waals surface area contributed by atoms with Crippen molar-refractivity contribution in [2.45, 2.75) is 42.8 Å². The maximum atomic E-state index is 13.3. The normalized spacial score (nSPS) is 14.9. The molecule has 2 N–H and O–H groups in total. The van der Waals surface area contributed by atoms with Crippen LogP contribution < -0.4 is 10.6 Å². The SMILES string of the molecule is CC(=O)Nc1ccc(-c2csc(NC(=O)C3(S(=O)(=O)c4ccc(C)cc4)CCC3)n2)cc1. The minimum Gasteiger partial charge on any atom is -0.326 e. The van der Waals surface area contributed by atoms with Crippen molar-refractivity contribution in [3.8, 4) is 11.3 Å². The molecule has 2 aromatic carbocycles. The molecular formula is C23H23N3O4S2. The number of rotatable bonds is 6. The van der Waals surface area contributed by atoms with Crippen LogP contribution in [-0.2, 0) is 19.4 Å². The van der Waals surface area contributed by atoms with Crippen LogP contribution in [0.15, 0.2) is 58.8 Å². The molecule has 0 atom stereocenters. The number of carbonyl (C=O) groups excluding carboxylic acids is 2. The number of hydrogen-bond donors (Lipinski definition) is 2. The Morgan fingerprint density at radius 1 is 1.00 bits per heavy atom. The van der Waals surface area contributed by atoms with E-state index in [2.05, 4.69) is 15.6 Å². The predicted octanol–water partition coefficient (Wildman–Crippen LogP) is 4.41. The Bertz CT molecular complexity index is 1260. The number of anilines is 2. The van der Waals surface area contributed by atoms with E-state index in [4.69, 9.17) is 0 Å². The van der Waals surface area contributed by atoms with Crippen molar-refractivity contribution >= 4 is 43.8 Å². The van der Waals surface area contributed by atoms with Crippen LogP contribution in [0.2, 0.25) is 0 Å². The summed E-state index contributed by atoms with van der Waals surface area (Å²) in [5.74, 6) is -0.687. The minimum absolute atomic E-state index is 0.151. The van der Waals surface area contributed by atoms with E-state index in [9.17, 15) is 18.0 Å². The average molecular weight is 470 g/mol. The largest absolute Gasteiger partial charge is 0.326 e. The summed E-state index contributed by atoms with van der Waals surface area (Å²) in [4.78, 5) is 28.9. The second-order valence-electron chi connectivity index (χ2n) is 7.91. The van der Waals surface area contributed by atoms with Crippen molar-refractivity contribution in [2.75, 3.05) is 10.6 Å². The second-order valence-corrected chi connectivity index (χ2v) is 11.0. The summed E-state index contributed by atoms with van der Waals surface area (Å²) < 4.78 is 25.1. The number of carbonyl (C=O) groups is 2. The first-order valence-electron chi connectivity index (χ1n) is 10.2. The number of thiazole rings is 1. The Kier molecular flexibility index (Phi) is 5.87. The van der Waals surface area contributed by atoms with Crippen LogP contribution in [0.4, 0.5) is 10.8 Å². The van der Waals surface area contributed by atoms with Gasteiger partial charge < -0.3 is 10.6 Å². The summed E-state index contributed by atoms with van der Waals surface area (Å²) in [5, 5.41) is 7.58. The fraction of sp³-hybridized carbons (Fsp3) is 0.261. The molecule has 32 heavy (non-hydrogen) atoms. The molecule has 1 aliphatic rings. The third-order valence-electron chi connectivity index (χ3n) is 5.65. The zero-order valence-electron chi connectivity index (χ0n) is 17.7. The lowest BCUT2D eigenvalue weighted by Gasteiger charge is -2.38. The molecule has 9 heteroatoms. The average Bonchev–Trinajstić information content (AvgIpc) is 3.15. The molecule has 1 fully saturated rings. The molecule has 0 radical (unpaired) electrons. The first-order chi connectivity index (χ1) is 15.2. The highest BCUT2D eigenvalue weighted by molar-refractivity contribution is 7.93. The smallest absolute Gasteiger partial charge is 0.248 e. The van der Waals surface area contributed by atoms with E-state index in [1.54, 1.807) is 41.8 Å². The lowest BCUT2D eigenvalue weighted by molar-refractivity contribution is -0.120. The van der Waals surface area contributed by atoms with Crippen molar-refractivity contribution in [1.82, 2.24) is 4.98 Å². The molecule has 1 saturated carbocycles. The molecule has 1 aromatic heterocycles. The molecule has 0 bridgehead atoms. The molecule has 3 aromatic rings. The van der Waals surface area contributed by atoms with Crippen LogP contribution in [0.1, 0.15) is 31.7 Å². The Morgan fingerprint density at radius 2 is 1.66 bits per heavy atom. The predicted molar refractivity (Wildman–Crippen MR) is 125 cm³/mol. The molecule has 7 nitrogen and oxygen atoms in total. The number of amides is 2. The molecule has 0 saturated heterocycles. The Hall–Kier alpha value is -3.04. The molecule has 0 aliphatic heterocycles. The summed E-state index contributed by atoms with van der Waals surface area (Å²) >= 11 is 1.24. The van der Waals surface area contributed by atoms with Crippen LogP contribution in [-0.4, -0.2) is 30.0 Å². The summed E-state index contributed by atoms with van der Waals surface area (Å²) in [7, 11) is -3.83. The van der Waals surface area contributed by atoms with Gasteiger partial charge in [-0.1, -0.05) is 29.8 Å². The molecule has 1 aliphatic carbocycles. The minimum atomic E-state index is -3.83.